The Morgan fingerprint density at radius 2 is 2.12 bits per heavy atom. The number of hydrogen-bond acceptors (Lipinski definition) is 4. The van der Waals surface area contributed by atoms with Crippen LogP contribution >= 0.6 is 0 Å². The minimum absolute atomic E-state index is 0.157. The predicted octanol–water partition coefficient (Wildman–Crippen LogP) is 2.17. The second-order valence-electron chi connectivity index (χ2n) is 6.50. The summed E-state index contributed by atoms with van der Waals surface area (Å²) < 4.78 is 8.41. The molecule has 3 heterocycles. The summed E-state index contributed by atoms with van der Waals surface area (Å²) in [6, 6.07) is 3.07. The number of fused-ring (bicyclic) bond motifs is 3. The van der Waals surface area contributed by atoms with Crippen LogP contribution in [0.15, 0.2) is 27.6 Å². The Hall–Kier alpha value is -2.57. The molecule has 0 saturated heterocycles. The third-order valence-electron chi connectivity index (χ3n) is 4.87. The van der Waals surface area contributed by atoms with Gasteiger partial charge >= 0.3 is 0 Å². The third-order valence-corrected chi connectivity index (χ3v) is 4.87. The third kappa shape index (κ3) is 2.23. The average molecular weight is 328 g/mol. The Morgan fingerprint density at radius 3 is 2.88 bits per heavy atom. The van der Waals surface area contributed by atoms with E-state index in [1.165, 1.54) is 4.68 Å². The van der Waals surface area contributed by atoms with Crippen molar-refractivity contribution in [3.8, 4) is 0 Å². The molecule has 3 aromatic heterocycles. The van der Waals surface area contributed by atoms with Gasteiger partial charge in [-0.05, 0) is 26.7 Å². The highest BCUT2D eigenvalue weighted by molar-refractivity contribution is 5.83. The summed E-state index contributed by atoms with van der Waals surface area (Å²) in [5.41, 5.74) is 1.62. The van der Waals surface area contributed by atoms with E-state index < -0.39 is 6.04 Å². The van der Waals surface area contributed by atoms with Crippen LogP contribution in [0.5, 0.6) is 0 Å². The van der Waals surface area contributed by atoms with E-state index in [1.54, 1.807) is 29.7 Å². The summed E-state index contributed by atoms with van der Waals surface area (Å²) in [5, 5.41) is 7.39. The molecule has 0 bridgehead atoms. The first-order valence-corrected chi connectivity index (χ1v) is 8.34. The summed E-state index contributed by atoms with van der Waals surface area (Å²) in [5.74, 6) is 0.483. The quantitative estimate of drug-likeness (QED) is 0.799. The molecular weight excluding hydrogens is 308 g/mol. The molecule has 0 radical (unpaired) electrons. The van der Waals surface area contributed by atoms with Crippen molar-refractivity contribution in [3.05, 3.63) is 34.6 Å². The standard InChI is InChI=1S/C17H20N4O3/c1-10(16(22)18-12-5-3-4-6-12)21-17(23)14-9-15-13(7-8-24-15)20(14)11(2)19-21/h7-10,12H,3-6H2,1-2H3,(H,18,22). The van der Waals surface area contributed by atoms with Gasteiger partial charge in [-0.2, -0.15) is 5.10 Å². The molecular formula is C17H20N4O3. The van der Waals surface area contributed by atoms with Gasteiger partial charge in [0.25, 0.3) is 5.56 Å². The van der Waals surface area contributed by atoms with Gasteiger partial charge in [-0.15, -0.1) is 0 Å². The Kier molecular flexibility index (Phi) is 3.44. The fraction of sp³-hybridized carbons (Fsp3) is 0.471. The van der Waals surface area contributed by atoms with Crippen molar-refractivity contribution in [2.24, 2.45) is 0 Å². The highest BCUT2D eigenvalue weighted by atomic mass is 16.3. The molecule has 4 rings (SSSR count). The predicted molar refractivity (Wildman–Crippen MR) is 89.1 cm³/mol. The Morgan fingerprint density at radius 1 is 1.38 bits per heavy atom. The molecule has 3 aromatic rings. The summed E-state index contributed by atoms with van der Waals surface area (Å²) in [4.78, 5) is 25.3. The monoisotopic (exact) mass is 328 g/mol. The highest BCUT2D eigenvalue weighted by Crippen LogP contribution is 2.21. The summed E-state index contributed by atoms with van der Waals surface area (Å²) >= 11 is 0. The second kappa shape index (κ2) is 5.51. The first kappa shape index (κ1) is 15.0. The van der Waals surface area contributed by atoms with Crippen LogP contribution in [-0.4, -0.2) is 26.1 Å². The van der Waals surface area contributed by atoms with Crippen LogP contribution in [0, 0.1) is 6.92 Å². The lowest BCUT2D eigenvalue weighted by molar-refractivity contribution is -0.124. The van der Waals surface area contributed by atoms with Crippen molar-refractivity contribution < 1.29 is 9.21 Å². The topological polar surface area (TPSA) is 81.5 Å². The molecule has 1 N–H and O–H groups in total. The molecule has 1 aliphatic rings. The molecule has 1 atom stereocenters. The number of nitrogens with zero attached hydrogens (tertiary/aromatic N) is 3. The van der Waals surface area contributed by atoms with Gasteiger partial charge < -0.3 is 9.73 Å². The molecule has 7 nitrogen and oxygen atoms in total. The maximum atomic E-state index is 12.8. The number of carbonyl (C=O) groups excluding carboxylic acids is 1. The Balaban J connectivity index is 1.74. The number of amides is 1. The molecule has 1 unspecified atom stereocenters. The first-order chi connectivity index (χ1) is 11.6. The van der Waals surface area contributed by atoms with Crippen LogP contribution in [0.2, 0.25) is 0 Å². The first-order valence-electron chi connectivity index (χ1n) is 8.34. The molecule has 1 fully saturated rings. The average Bonchev–Trinajstić information content (AvgIpc) is 3.26. The maximum absolute atomic E-state index is 12.8. The number of hydrogen-bond donors (Lipinski definition) is 1. The second-order valence-corrected chi connectivity index (χ2v) is 6.50. The number of rotatable bonds is 3. The van der Waals surface area contributed by atoms with Gasteiger partial charge in [-0.25, -0.2) is 4.68 Å². The van der Waals surface area contributed by atoms with Crippen LogP contribution in [0.1, 0.15) is 44.5 Å². The maximum Gasteiger partial charge on any atom is 0.291 e. The minimum Gasteiger partial charge on any atom is -0.463 e. The summed E-state index contributed by atoms with van der Waals surface area (Å²) in [6.07, 6.45) is 5.89. The summed E-state index contributed by atoms with van der Waals surface area (Å²) in [6.45, 7) is 3.53. The smallest absolute Gasteiger partial charge is 0.291 e. The number of nitrogens with one attached hydrogen (secondary N) is 1. The normalized spacial score (nSPS) is 16.9. The Bertz CT molecular complexity index is 975. The fourth-order valence-corrected chi connectivity index (χ4v) is 3.56. The highest BCUT2D eigenvalue weighted by Gasteiger charge is 2.24. The van der Waals surface area contributed by atoms with E-state index in [1.807, 2.05) is 6.92 Å². The van der Waals surface area contributed by atoms with Gasteiger partial charge in [0.2, 0.25) is 5.91 Å². The Labute approximate surface area is 138 Å². The van der Waals surface area contributed by atoms with Crippen LogP contribution in [0.3, 0.4) is 0 Å². The summed E-state index contributed by atoms with van der Waals surface area (Å²) in [7, 11) is 0. The lowest BCUT2D eigenvalue weighted by Crippen LogP contribution is -2.41. The molecule has 7 heteroatoms. The van der Waals surface area contributed by atoms with E-state index in [0.717, 1.165) is 31.2 Å². The van der Waals surface area contributed by atoms with Crippen LogP contribution in [0.25, 0.3) is 16.6 Å². The largest absolute Gasteiger partial charge is 0.463 e. The van der Waals surface area contributed by atoms with Gasteiger partial charge in [0.15, 0.2) is 5.58 Å². The zero-order chi connectivity index (χ0) is 16.8. The van der Waals surface area contributed by atoms with E-state index in [0.29, 0.717) is 16.9 Å². The van der Waals surface area contributed by atoms with Crippen molar-refractivity contribution in [2.45, 2.75) is 51.6 Å². The molecule has 0 spiro atoms. The molecule has 24 heavy (non-hydrogen) atoms. The fourth-order valence-electron chi connectivity index (χ4n) is 3.56. The molecule has 0 aromatic carbocycles. The zero-order valence-corrected chi connectivity index (χ0v) is 13.8. The lowest BCUT2D eigenvalue weighted by atomic mass is 10.2. The van der Waals surface area contributed by atoms with E-state index >= 15 is 0 Å². The molecule has 0 aliphatic heterocycles. The van der Waals surface area contributed by atoms with Crippen molar-refractivity contribution >= 4 is 22.5 Å². The number of furan rings is 1. The molecule has 1 aliphatic carbocycles. The van der Waals surface area contributed by atoms with Crippen LogP contribution in [-0.2, 0) is 4.79 Å². The zero-order valence-electron chi connectivity index (χ0n) is 13.8. The van der Waals surface area contributed by atoms with Crippen molar-refractivity contribution in [1.82, 2.24) is 19.5 Å². The van der Waals surface area contributed by atoms with E-state index in [9.17, 15) is 9.59 Å². The number of carbonyl (C=O) groups is 1. The minimum atomic E-state index is -0.650. The van der Waals surface area contributed by atoms with E-state index in [4.69, 9.17) is 4.42 Å². The molecule has 126 valence electrons. The van der Waals surface area contributed by atoms with Gasteiger partial charge in [-0.3, -0.25) is 14.0 Å². The van der Waals surface area contributed by atoms with Gasteiger partial charge in [0.1, 0.15) is 17.4 Å². The van der Waals surface area contributed by atoms with E-state index in [2.05, 4.69) is 10.4 Å². The van der Waals surface area contributed by atoms with E-state index in [-0.39, 0.29) is 17.5 Å². The van der Waals surface area contributed by atoms with Crippen LogP contribution in [0.4, 0.5) is 0 Å². The van der Waals surface area contributed by atoms with Crippen molar-refractivity contribution in [3.63, 3.8) is 0 Å². The van der Waals surface area contributed by atoms with Gasteiger partial charge in [-0.1, -0.05) is 12.8 Å². The van der Waals surface area contributed by atoms with Crippen molar-refractivity contribution in [2.75, 3.05) is 0 Å². The van der Waals surface area contributed by atoms with Gasteiger partial charge in [0.05, 0.1) is 11.8 Å². The SMILES string of the molecule is Cc1nn(C(C)C(=O)NC2CCCC2)c(=O)c2cc3occc3n12. The molecule has 1 amide bonds. The van der Waals surface area contributed by atoms with Crippen LogP contribution < -0.4 is 10.9 Å². The number of aryl methyl sites for hydroxylation is 1. The lowest BCUT2D eigenvalue weighted by Gasteiger charge is -2.18. The van der Waals surface area contributed by atoms with Gasteiger partial charge in [0, 0.05) is 18.2 Å². The van der Waals surface area contributed by atoms with Crippen molar-refractivity contribution in [1.29, 1.82) is 0 Å². The number of aromatic nitrogens is 3. The molecule has 1 saturated carbocycles.